The van der Waals surface area contributed by atoms with Gasteiger partial charge in [-0.2, -0.15) is 15.2 Å². The summed E-state index contributed by atoms with van der Waals surface area (Å²) >= 11 is 0. The molecule has 226 valence electrons. The van der Waals surface area contributed by atoms with Crippen LogP contribution in [0.5, 0.6) is 6.01 Å². The van der Waals surface area contributed by atoms with Crippen LogP contribution in [0.1, 0.15) is 50.3 Å². The number of halogens is 2. The van der Waals surface area contributed by atoms with E-state index in [0.717, 1.165) is 30.6 Å². The van der Waals surface area contributed by atoms with Crippen molar-refractivity contribution in [2.45, 2.75) is 58.0 Å². The van der Waals surface area contributed by atoms with Crippen molar-refractivity contribution in [2.24, 2.45) is 0 Å². The van der Waals surface area contributed by atoms with Crippen molar-refractivity contribution in [3.63, 3.8) is 0 Å². The molecule has 12 heteroatoms. The standard InChI is InChI=1S/C31H36F2N8O2/c1-18(2)26-25(19(3)9-11-35-26)27-24(33)15-23-28(36-27)37-31(43-17-22-7-6-12-39(22)5)38-29(23)40-13-14-41(30(42)20(4)32)21(16-40)8-10-34/h9,11,15,18,21-22H,4,6-8,12-14,16-17H2,1-3,5H3. The van der Waals surface area contributed by atoms with Gasteiger partial charge in [0.2, 0.25) is 0 Å². The molecule has 10 nitrogen and oxygen atoms in total. The van der Waals surface area contributed by atoms with Crippen LogP contribution < -0.4 is 9.64 Å². The summed E-state index contributed by atoms with van der Waals surface area (Å²) in [4.78, 5) is 36.4. The minimum Gasteiger partial charge on any atom is -0.462 e. The summed E-state index contributed by atoms with van der Waals surface area (Å²) in [7, 11) is 2.05. The molecule has 0 aliphatic carbocycles. The van der Waals surface area contributed by atoms with Crippen LogP contribution in [0.25, 0.3) is 22.3 Å². The molecule has 5 heterocycles. The number of carbonyl (C=O) groups is 1. The molecule has 2 aliphatic heterocycles. The Bertz CT molecular complexity index is 1590. The number of pyridine rings is 2. The largest absolute Gasteiger partial charge is 0.462 e. The van der Waals surface area contributed by atoms with Crippen molar-refractivity contribution in [1.29, 1.82) is 5.26 Å². The Hall–Kier alpha value is -4.24. The number of nitriles is 1. The summed E-state index contributed by atoms with van der Waals surface area (Å²) < 4.78 is 35.9. The van der Waals surface area contributed by atoms with Crippen molar-refractivity contribution >= 4 is 22.8 Å². The Labute approximate surface area is 250 Å². The van der Waals surface area contributed by atoms with Gasteiger partial charge in [-0.1, -0.05) is 20.4 Å². The molecule has 2 saturated heterocycles. The molecule has 2 unspecified atom stereocenters. The highest BCUT2D eigenvalue weighted by molar-refractivity contribution is 5.92. The number of piperazine rings is 1. The molecule has 1 amide bonds. The van der Waals surface area contributed by atoms with Crippen molar-refractivity contribution in [3.8, 4) is 23.3 Å². The number of likely N-dealkylation sites (tertiary alicyclic amines) is 1. The van der Waals surface area contributed by atoms with Crippen LogP contribution in [-0.4, -0.2) is 87.6 Å². The van der Waals surface area contributed by atoms with Crippen LogP contribution in [0.15, 0.2) is 30.7 Å². The molecule has 5 rings (SSSR count). The third-order valence-electron chi connectivity index (χ3n) is 8.25. The third kappa shape index (κ3) is 6.13. The fraction of sp³-hybridized carbons (Fsp3) is 0.484. The van der Waals surface area contributed by atoms with E-state index in [0.29, 0.717) is 23.4 Å². The summed E-state index contributed by atoms with van der Waals surface area (Å²) in [6.07, 6.45) is 3.76. The van der Waals surface area contributed by atoms with E-state index in [-0.39, 0.29) is 55.4 Å². The van der Waals surface area contributed by atoms with Gasteiger partial charge in [-0.15, -0.1) is 0 Å². The van der Waals surface area contributed by atoms with E-state index >= 15 is 4.39 Å². The molecule has 0 saturated carbocycles. The first kappa shape index (κ1) is 30.2. The van der Waals surface area contributed by atoms with Gasteiger partial charge in [0.1, 0.15) is 23.9 Å². The lowest BCUT2D eigenvalue weighted by Crippen LogP contribution is -2.55. The average molecular weight is 591 g/mol. The number of ether oxygens (including phenoxy) is 1. The van der Waals surface area contributed by atoms with E-state index in [9.17, 15) is 14.4 Å². The Morgan fingerprint density at radius 1 is 1.23 bits per heavy atom. The lowest BCUT2D eigenvalue weighted by molar-refractivity contribution is -0.131. The normalized spacial score (nSPS) is 19.2. The van der Waals surface area contributed by atoms with E-state index in [1.165, 1.54) is 11.0 Å². The van der Waals surface area contributed by atoms with Crippen LogP contribution >= 0.6 is 0 Å². The number of amides is 1. The minimum atomic E-state index is -1.08. The number of nitrogens with zero attached hydrogens (tertiary/aromatic N) is 8. The van der Waals surface area contributed by atoms with Gasteiger partial charge < -0.3 is 19.4 Å². The third-order valence-corrected chi connectivity index (χ3v) is 8.25. The van der Waals surface area contributed by atoms with Gasteiger partial charge in [0, 0.05) is 37.4 Å². The van der Waals surface area contributed by atoms with Gasteiger partial charge in [0.15, 0.2) is 11.5 Å². The fourth-order valence-electron chi connectivity index (χ4n) is 5.91. The average Bonchev–Trinajstić information content (AvgIpc) is 3.39. The lowest BCUT2D eigenvalue weighted by atomic mass is 9.96. The fourth-order valence-corrected chi connectivity index (χ4v) is 5.91. The molecule has 2 aliphatic rings. The number of rotatable bonds is 8. The van der Waals surface area contributed by atoms with E-state index in [2.05, 4.69) is 34.6 Å². The number of likely N-dealkylation sites (N-methyl/N-ethyl adjacent to an activating group) is 1. The van der Waals surface area contributed by atoms with Crippen LogP contribution in [0.4, 0.5) is 14.6 Å². The molecule has 3 aromatic rings. The summed E-state index contributed by atoms with van der Waals surface area (Å²) in [6, 6.07) is 4.98. The maximum atomic E-state index is 16.0. The van der Waals surface area contributed by atoms with Gasteiger partial charge >= 0.3 is 6.01 Å². The van der Waals surface area contributed by atoms with Gasteiger partial charge in [-0.05, 0) is 57.0 Å². The summed E-state index contributed by atoms with van der Waals surface area (Å²) in [5, 5.41) is 9.81. The van der Waals surface area contributed by atoms with Gasteiger partial charge in [0.05, 0.1) is 29.6 Å². The zero-order valence-corrected chi connectivity index (χ0v) is 25.0. The van der Waals surface area contributed by atoms with Crippen LogP contribution in [0.3, 0.4) is 0 Å². The molecular formula is C31H36F2N8O2. The Morgan fingerprint density at radius 2 is 2.02 bits per heavy atom. The van der Waals surface area contributed by atoms with Crippen molar-refractivity contribution in [3.05, 3.63) is 47.8 Å². The summed E-state index contributed by atoms with van der Waals surface area (Å²) in [5.41, 5.74) is 2.60. The van der Waals surface area contributed by atoms with Gasteiger partial charge in [-0.3, -0.25) is 9.78 Å². The first-order valence-electron chi connectivity index (χ1n) is 14.5. The van der Waals surface area contributed by atoms with E-state index in [1.807, 2.05) is 31.7 Å². The monoisotopic (exact) mass is 590 g/mol. The maximum Gasteiger partial charge on any atom is 0.320 e. The van der Waals surface area contributed by atoms with Crippen LogP contribution in [0, 0.1) is 24.1 Å². The van der Waals surface area contributed by atoms with Crippen LogP contribution in [-0.2, 0) is 4.79 Å². The van der Waals surface area contributed by atoms with Gasteiger partial charge in [0.25, 0.3) is 5.91 Å². The Morgan fingerprint density at radius 3 is 2.70 bits per heavy atom. The van der Waals surface area contributed by atoms with Crippen molar-refractivity contribution in [1.82, 2.24) is 29.7 Å². The molecule has 43 heavy (non-hydrogen) atoms. The van der Waals surface area contributed by atoms with E-state index in [4.69, 9.17) is 14.7 Å². The highest BCUT2D eigenvalue weighted by Gasteiger charge is 2.34. The lowest BCUT2D eigenvalue weighted by Gasteiger charge is -2.41. The molecule has 0 aromatic carbocycles. The topological polar surface area (TPSA) is 111 Å². The molecule has 3 aromatic heterocycles. The molecule has 0 radical (unpaired) electrons. The number of hydrogen-bond donors (Lipinski definition) is 0. The smallest absolute Gasteiger partial charge is 0.320 e. The molecule has 0 bridgehead atoms. The molecule has 0 spiro atoms. The number of aromatic nitrogens is 4. The predicted octanol–water partition coefficient (Wildman–Crippen LogP) is 4.54. The highest BCUT2D eigenvalue weighted by atomic mass is 19.1. The summed E-state index contributed by atoms with van der Waals surface area (Å²) in [5.74, 6) is -2.07. The second kappa shape index (κ2) is 12.6. The number of fused-ring (bicyclic) bond motifs is 1. The second-order valence-electron chi connectivity index (χ2n) is 11.5. The van der Waals surface area contributed by atoms with E-state index < -0.39 is 23.6 Å². The summed E-state index contributed by atoms with van der Waals surface area (Å²) in [6.45, 7) is 11.0. The number of anilines is 1. The van der Waals surface area contributed by atoms with Gasteiger partial charge in [-0.25, -0.2) is 13.8 Å². The van der Waals surface area contributed by atoms with Crippen LogP contribution in [0.2, 0.25) is 0 Å². The Kier molecular flexibility index (Phi) is 8.82. The molecule has 2 fully saturated rings. The maximum absolute atomic E-state index is 16.0. The highest BCUT2D eigenvalue weighted by Crippen LogP contribution is 2.35. The quantitative estimate of drug-likeness (QED) is 0.349. The van der Waals surface area contributed by atoms with Crippen molar-refractivity contribution in [2.75, 3.05) is 44.7 Å². The van der Waals surface area contributed by atoms with Crippen molar-refractivity contribution < 1.29 is 18.3 Å². The molecule has 2 atom stereocenters. The zero-order valence-electron chi connectivity index (χ0n) is 25.0. The molecular weight excluding hydrogens is 554 g/mol. The Balaban J connectivity index is 1.60. The first-order valence-corrected chi connectivity index (χ1v) is 14.5. The SMILES string of the molecule is C=C(F)C(=O)N1CCN(c2nc(OCC3CCCN3C)nc3nc(-c4c(C)ccnc4C(C)C)c(F)cc23)CC1CC#N. The predicted molar refractivity (Wildman–Crippen MR) is 159 cm³/mol. The first-order chi connectivity index (χ1) is 20.6. The minimum absolute atomic E-state index is 0.0229. The number of carbonyl (C=O) groups excluding carboxylic acids is 1. The number of hydrogen-bond acceptors (Lipinski definition) is 9. The zero-order chi connectivity index (χ0) is 30.8. The second-order valence-corrected chi connectivity index (χ2v) is 11.5. The number of aryl methyl sites for hydroxylation is 1. The molecule has 0 N–H and O–H groups in total. The van der Waals surface area contributed by atoms with E-state index in [1.54, 1.807) is 6.20 Å².